The zero-order valence-electron chi connectivity index (χ0n) is 20.7. The lowest BCUT2D eigenvalue weighted by Gasteiger charge is -2.34. The standard InChI is InChI=1S/C25H28F3N5O3/c1-13(16-7-6-8-17(20(16)26)21(27)28)31-22-18-11-19(24(35)32(4)23(18)30-12-29-22)25(36-5)9-10-33(14(25)2)15(3)34/h6-8,11-14,21H,9-10H2,1-5H3,(H,29,30,31)/t13-,14+,25?/m1/s1. The van der Waals surface area contributed by atoms with Gasteiger partial charge in [-0.25, -0.2) is 23.1 Å². The number of alkyl halides is 2. The van der Waals surface area contributed by atoms with Crippen LogP contribution in [0.3, 0.4) is 0 Å². The zero-order valence-corrected chi connectivity index (χ0v) is 20.7. The SMILES string of the molecule is COC1(c2cc3c(N[C@H](C)c4cccc(C(F)F)c4F)ncnc3n(C)c2=O)CCN(C(C)=O)[C@H]1C. The number of methoxy groups -OCH3 is 1. The van der Waals surface area contributed by atoms with Crippen molar-refractivity contribution in [3.8, 4) is 0 Å². The molecule has 1 amide bonds. The Labute approximate surface area is 206 Å². The first-order valence-electron chi connectivity index (χ1n) is 11.5. The third kappa shape index (κ3) is 4.01. The number of nitrogens with one attached hydrogen (secondary N) is 1. The molecule has 0 radical (unpaired) electrons. The molecule has 192 valence electrons. The molecule has 0 bridgehead atoms. The lowest BCUT2D eigenvalue weighted by molar-refractivity contribution is -0.132. The molecule has 0 saturated carbocycles. The van der Waals surface area contributed by atoms with Crippen LogP contribution in [0.15, 0.2) is 35.4 Å². The fraction of sp³-hybridized carbons (Fsp3) is 0.440. The molecule has 4 rings (SSSR count). The van der Waals surface area contributed by atoms with Gasteiger partial charge in [-0.2, -0.15) is 0 Å². The van der Waals surface area contributed by atoms with E-state index in [9.17, 15) is 22.8 Å². The molecule has 11 heteroatoms. The van der Waals surface area contributed by atoms with Crippen molar-refractivity contribution in [3.63, 3.8) is 0 Å². The van der Waals surface area contributed by atoms with Crippen molar-refractivity contribution in [2.45, 2.75) is 51.3 Å². The average Bonchev–Trinajstić information content (AvgIpc) is 3.18. The van der Waals surface area contributed by atoms with Crippen molar-refractivity contribution < 1.29 is 22.7 Å². The minimum Gasteiger partial charge on any atom is -0.371 e. The first-order valence-corrected chi connectivity index (χ1v) is 11.5. The van der Waals surface area contributed by atoms with E-state index < -0.39 is 35.5 Å². The number of pyridine rings is 1. The highest BCUT2D eigenvalue weighted by molar-refractivity contribution is 5.87. The molecule has 1 aliphatic heterocycles. The number of carbonyl (C=O) groups excluding carboxylic acids is 1. The summed E-state index contributed by atoms with van der Waals surface area (Å²) >= 11 is 0. The summed E-state index contributed by atoms with van der Waals surface area (Å²) in [6, 6.07) is 4.37. The molecule has 3 atom stereocenters. The number of hydrogen-bond acceptors (Lipinski definition) is 6. The second-order valence-corrected chi connectivity index (χ2v) is 9.03. The van der Waals surface area contributed by atoms with Crippen LogP contribution in [0.4, 0.5) is 19.0 Å². The Balaban J connectivity index is 1.83. The molecule has 1 fully saturated rings. The van der Waals surface area contributed by atoms with Gasteiger partial charge in [0.15, 0.2) is 0 Å². The molecule has 0 spiro atoms. The highest BCUT2D eigenvalue weighted by Gasteiger charge is 2.49. The summed E-state index contributed by atoms with van der Waals surface area (Å²) in [5, 5.41) is 3.55. The van der Waals surface area contributed by atoms with Crippen LogP contribution in [0, 0.1) is 5.82 Å². The molecule has 1 saturated heterocycles. The van der Waals surface area contributed by atoms with Gasteiger partial charge in [0.05, 0.1) is 28.6 Å². The molecular formula is C25H28F3N5O3. The number of nitrogens with zero attached hydrogens (tertiary/aromatic N) is 4. The predicted octanol–water partition coefficient (Wildman–Crippen LogP) is 4.06. The van der Waals surface area contributed by atoms with Gasteiger partial charge in [0.1, 0.15) is 29.2 Å². The van der Waals surface area contributed by atoms with Crippen molar-refractivity contribution in [3.05, 3.63) is 63.5 Å². The van der Waals surface area contributed by atoms with Gasteiger partial charge < -0.3 is 15.0 Å². The number of fused-ring (bicyclic) bond motifs is 1. The number of carbonyl (C=O) groups is 1. The van der Waals surface area contributed by atoms with Crippen molar-refractivity contribution in [1.82, 2.24) is 19.4 Å². The van der Waals surface area contributed by atoms with Gasteiger partial charge in [-0.15, -0.1) is 0 Å². The van der Waals surface area contributed by atoms with Crippen LogP contribution in [0.2, 0.25) is 0 Å². The lowest BCUT2D eigenvalue weighted by atomic mass is 9.87. The van der Waals surface area contributed by atoms with E-state index in [1.165, 1.54) is 37.1 Å². The highest BCUT2D eigenvalue weighted by atomic mass is 19.3. The Morgan fingerprint density at radius 3 is 2.58 bits per heavy atom. The highest BCUT2D eigenvalue weighted by Crippen LogP contribution is 2.40. The predicted molar refractivity (Wildman–Crippen MR) is 128 cm³/mol. The maximum absolute atomic E-state index is 14.8. The van der Waals surface area contributed by atoms with Crippen LogP contribution in [-0.2, 0) is 22.2 Å². The topological polar surface area (TPSA) is 89.3 Å². The van der Waals surface area contributed by atoms with E-state index in [0.29, 0.717) is 35.4 Å². The van der Waals surface area contributed by atoms with E-state index in [0.717, 1.165) is 6.07 Å². The van der Waals surface area contributed by atoms with E-state index >= 15 is 0 Å². The molecular weight excluding hydrogens is 475 g/mol. The van der Waals surface area contributed by atoms with Crippen molar-refractivity contribution in [2.75, 3.05) is 19.0 Å². The minimum atomic E-state index is -2.94. The largest absolute Gasteiger partial charge is 0.371 e. The van der Waals surface area contributed by atoms with Gasteiger partial charge >= 0.3 is 0 Å². The number of halogens is 3. The normalized spacial score (nSPS) is 20.8. The molecule has 3 aromatic rings. The lowest BCUT2D eigenvalue weighted by Crippen LogP contribution is -2.47. The Morgan fingerprint density at radius 2 is 1.97 bits per heavy atom. The summed E-state index contributed by atoms with van der Waals surface area (Å²) in [6.07, 6.45) is -1.25. The molecule has 1 aliphatic rings. The molecule has 2 aromatic heterocycles. The number of rotatable bonds is 6. The first kappa shape index (κ1) is 25.6. The summed E-state index contributed by atoms with van der Waals surface area (Å²) < 4.78 is 48.5. The van der Waals surface area contributed by atoms with Crippen molar-refractivity contribution >= 4 is 22.8 Å². The Kier molecular flexibility index (Phi) is 6.78. The third-order valence-electron chi connectivity index (χ3n) is 7.21. The first-order chi connectivity index (χ1) is 17.0. The number of aromatic nitrogens is 3. The smallest absolute Gasteiger partial charge is 0.266 e. The fourth-order valence-corrected chi connectivity index (χ4v) is 5.16. The molecule has 3 heterocycles. The van der Waals surface area contributed by atoms with Crippen molar-refractivity contribution in [1.29, 1.82) is 0 Å². The van der Waals surface area contributed by atoms with E-state index in [-0.39, 0.29) is 17.0 Å². The Morgan fingerprint density at radius 1 is 1.28 bits per heavy atom. The van der Waals surface area contributed by atoms with Crippen LogP contribution < -0.4 is 10.9 Å². The quantitative estimate of drug-likeness (QED) is 0.546. The zero-order chi connectivity index (χ0) is 26.4. The van der Waals surface area contributed by atoms with E-state index in [1.54, 1.807) is 24.9 Å². The number of ether oxygens (including phenoxy) is 1. The van der Waals surface area contributed by atoms with E-state index in [1.807, 2.05) is 6.92 Å². The Bertz CT molecular complexity index is 1380. The van der Waals surface area contributed by atoms with Gasteiger partial charge in [0.25, 0.3) is 12.0 Å². The van der Waals surface area contributed by atoms with Gasteiger partial charge in [-0.05, 0) is 19.9 Å². The monoisotopic (exact) mass is 503 g/mol. The maximum Gasteiger partial charge on any atom is 0.266 e. The number of hydrogen-bond donors (Lipinski definition) is 1. The second-order valence-electron chi connectivity index (χ2n) is 9.03. The Hall–Kier alpha value is -3.47. The van der Waals surface area contributed by atoms with Gasteiger partial charge in [0, 0.05) is 39.6 Å². The number of amides is 1. The van der Waals surface area contributed by atoms with Crippen LogP contribution in [-0.4, -0.2) is 45.0 Å². The summed E-state index contributed by atoms with van der Waals surface area (Å²) in [4.78, 5) is 35.8. The summed E-state index contributed by atoms with van der Waals surface area (Å²) in [6.45, 7) is 5.37. The molecule has 0 aliphatic carbocycles. The van der Waals surface area contributed by atoms with Gasteiger partial charge in [-0.3, -0.25) is 14.2 Å². The van der Waals surface area contributed by atoms with Crippen LogP contribution in [0.1, 0.15) is 56.3 Å². The van der Waals surface area contributed by atoms with Gasteiger partial charge in [0.2, 0.25) is 5.91 Å². The summed E-state index contributed by atoms with van der Waals surface area (Å²) in [5.41, 5.74) is -1.33. The summed E-state index contributed by atoms with van der Waals surface area (Å²) in [5.74, 6) is -0.806. The van der Waals surface area contributed by atoms with Crippen LogP contribution >= 0.6 is 0 Å². The fourth-order valence-electron chi connectivity index (χ4n) is 5.16. The minimum absolute atomic E-state index is 0.0551. The van der Waals surface area contributed by atoms with Crippen LogP contribution in [0.25, 0.3) is 11.0 Å². The second kappa shape index (κ2) is 9.53. The van der Waals surface area contributed by atoms with E-state index in [2.05, 4.69) is 15.3 Å². The molecule has 1 N–H and O–H groups in total. The number of benzene rings is 1. The number of likely N-dealkylation sites (tertiary alicyclic amines) is 1. The van der Waals surface area contributed by atoms with E-state index in [4.69, 9.17) is 4.74 Å². The third-order valence-corrected chi connectivity index (χ3v) is 7.21. The number of anilines is 1. The molecule has 1 aromatic carbocycles. The maximum atomic E-state index is 14.8. The molecule has 8 nitrogen and oxygen atoms in total. The van der Waals surface area contributed by atoms with Gasteiger partial charge in [-0.1, -0.05) is 18.2 Å². The van der Waals surface area contributed by atoms with Crippen LogP contribution in [0.5, 0.6) is 0 Å². The molecule has 36 heavy (non-hydrogen) atoms. The molecule has 1 unspecified atom stereocenters. The number of aryl methyl sites for hydroxylation is 1. The summed E-state index contributed by atoms with van der Waals surface area (Å²) in [7, 11) is 3.08. The van der Waals surface area contributed by atoms with Crippen molar-refractivity contribution in [2.24, 2.45) is 7.05 Å². The average molecular weight is 504 g/mol.